The number of anilines is 1. The molecule has 200 valence electrons. The van der Waals surface area contributed by atoms with Crippen molar-refractivity contribution in [3.05, 3.63) is 112 Å². The molecule has 4 aromatic rings. The molecule has 0 spiro atoms. The fourth-order valence-corrected chi connectivity index (χ4v) is 5.22. The maximum absolute atomic E-state index is 13.2. The number of carbonyl (C=O) groups excluding carboxylic acids is 1. The maximum Gasteiger partial charge on any atom is 0.338 e. The first-order valence-electron chi connectivity index (χ1n) is 13.1. The summed E-state index contributed by atoms with van der Waals surface area (Å²) < 4.78 is 13.4. The van der Waals surface area contributed by atoms with Gasteiger partial charge in [0.2, 0.25) is 11.1 Å². The van der Waals surface area contributed by atoms with Crippen LogP contribution >= 0.6 is 11.8 Å². The highest BCUT2D eigenvalue weighted by molar-refractivity contribution is 7.98. The number of fused-ring (bicyclic) bond motifs is 1. The second kappa shape index (κ2) is 12.2. The summed E-state index contributed by atoms with van der Waals surface area (Å²) in [7, 11) is 0. The zero-order chi connectivity index (χ0) is 27.2. The molecule has 5 rings (SSSR count). The Morgan fingerprint density at radius 1 is 1.00 bits per heavy atom. The van der Waals surface area contributed by atoms with E-state index in [0.29, 0.717) is 35.6 Å². The molecule has 0 radical (unpaired) electrons. The van der Waals surface area contributed by atoms with Crippen LogP contribution in [0.25, 0.3) is 0 Å². The molecule has 1 atom stereocenters. The lowest BCUT2D eigenvalue weighted by Crippen LogP contribution is -2.29. The molecule has 0 fully saturated rings. The number of ether oxygens (including phenoxy) is 2. The molecule has 0 bridgehead atoms. The van der Waals surface area contributed by atoms with E-state index in [1.807, 2.05) is 68.4 Å². The number of nitrogens with one attached hydrogen (secondary N) is 1. The summed E-state index contributed by atoms with van der Waals surface area (Å²) >= 11 is 1.56. The van der Waals surface area contributed by atoms with Gasteiger partial charge in [-0.15, -0.1) is 5.10 Å². The molecule has 3 aromatic carbocycles. The van der Waals surface area contributed by atoms with Gasteiger partial charge in [0.1, 0.15) is 18.4 Å². The van der Waals surface area contributed by atoms with E-state index in [1.165, 1.54) is 11.1 Å². The van der Waals surface area contributed by atoms with Crippen molar-refractivity contribution in [3.8, 4) is 5.75 Å². The van der Waals surface area contributed by atoms with Gasteiger partial charge in [0.25, 0.3) is 0 Å². The van der Waals surface area contributed by atoms with E-state index in [0.717, 1.165) is 29.1 Å². The summed E-state index contributed by atoms with van der Waals surface area (Å²) in [6.45, 7) is 6.78. The van der Waals surface area contributed by atoms with Crippen LogP contribution in [0.1, 0.15) is 48.6 Å². The molecule has 8 heteroatoms. The van der Waals surface area contributed by atoms with Crippen molar-refractivity contribution in [2.45, 2.75) is 50.8 Å². The number of allylic oxidation sites excluding steroid dienone is 1. The zero-order valence-corrected chi connectivity index (χ0v) is 23.2. The molecule has 0 amide bonds. The molecule has 39 heavy (non-hydrogen) atoms. The van der Waals surface area contributed by atoms with Crippen LogP contribution in [-0.2, 0) is 21.9 Å². The number of hydrogen-bond donors (Lipinski definition) is 1. The molecule has 1 aromatic heterocycles. The second-order valence-corrected chi connectivity index (χ2v) is 10.4. The van der Waals surface area contributed by atoms with Gasteiger partial charge in [-0.3, -0.25) is 0 Å². The van der Waals surface area contributed by atoms with Gasteiger partial charge in [0.05, 0.1) is 12.2 Å². The summed E-state index contributed by atoms with van der Waals surface area (Å²) in [4.78, 5) is 18.0. The topological polar surface area (TPSA) is 78.3 Å². The Bertz CT molecular complexity index is 1460. The third-order valence-electron chi connectivity index (χ3n) is 6.55. The number of rotatable bonds is 10. The van der Waals surface area contributed by atoms with Crippen molar-refractivity contribution in [2.75, 3.05) is 11.9 Å². The maximum atomic E-state index is 13.2. The highest BCUT2D eigenvalue weighted by Crippen LogP contribution is 2.37. The smallest absolute Gasteiger partial charge is 0.338 e. The number of aromatic nitrogens is 3. The Kier molecular flexibility index (Phi) is 8.32. The van der Waals surface area contributed by atoms with Gasteiger partial charge in [-0.05, 0) is 54.7 Å². The van der Waals surface area contributed by atoms with Gasteiger partial charge in [0.15, 0.2) is 0 Å². The van der Waals surface area contributed by atoms with Crippen molar-refractivity contribution in [3.63, 3.8) is 0 Å². The minimum Gasteiger partial charge on any atom is -0.489 e. The first kappa shape index (κ1) is 26.6. The average molecular weight is 541 g/mol. The number of hydrogen-bond acceptors (Lipinski definition) is 7. The quantitative estimate of drug-likeness (QED) is 0.177. The molecule has 2 heterocycles. The standard InChI is InChI=1S/C31H32N4O3S/c1-4-18-37-29(36)27-22(3)32-30-33-31(39-20-23-11-6-5-7-12-23)34-35(30)28(27)24-14-16-26(17-15-24)38-19-25-13-9-8-10-21(25)2/h5-17,28H,4,18-20H2,1-3H3,(H,32,33,34). The molecular formula is C31H32N4O3S. The van der Waals surface area contributed by atoms with Crippen molar-refractivity contribution in [1.82, 2.24) is 14.8 Å². The number of esters is 1. The van der Waals surface area contributed by atoms with Gasteiger partial charge in [-0.1, -0.05) is 85.4 Å². The first-order chi connectivity index (χ1) is 19.0. The predicted molar refractivity (Wildman–Crippen MR) is 154 cm³/mol. The summed E-state index contributed by atoms with van der Waals surface area (Å²) in [5.41, 5.74) is 5.66. The third-order valence-corrected chi connectivity index (χ3v) is 7.46. The van der Waals surface area contributed by atoms with E-state index in [4.69, 9.17) is 19.6 Å². The SMILES string of the molecule is CCCOC(=O)C1=C(C)Nc2nc(SCc3ccccc3)nn2C1c1ccc(OCc2ccccc2C)cc1. The molecule has 0 aliphatic carbocycles. The zero-order valence-electron chi connectivity index (χ0n) is 22.4. The van der Waals surface area contributed by atoms with Gasteiger partial charge in [-0.25, -0.2) is 9.48 Å². The molecule has 0 saturated carbocycles. The Morgan fingerprint density at radius 3 is 2.49 bits per heavy atom. The minimum atomic E-state index is -0.477. The van der Waals surface area contributed by atoms with E-state index in [2.05, 4.69) is 36.5 Å². The third kappa shape index (κ3) is 6.17. The minimum absolute atomic E-state index is 0.355. The average Bonchev–Trinajstić information content (AvgIpc) is 3.37. The first-order valence-corrected chi connectivity index (χ1v) is 14.1. The van der Waals surface area contributed by atoms with Gasteiger partial charge in [0, 0.05) is 11.4 Å². The summed E-state index contributed by atoms with van der Waals surface area (Å²) in [5, 5.41) is 8.72. The van der Waals surface area contributed by atoms with Crippen LogP contribution in [0.4, 0.5) is 5.95 Å². The lowest BCUT2D eigenvalue weighted by Gasteiger charge is -2.28. The van der Waals surface area contributed by atoms with E-state index in [9.17, 15) is 4.79 Å². The largest absolute Gasteiger partial charge is 0.489 e. The molecule has 1 aliphatic rings. The van der Waals surface area contributed by atoms with Crippen LogP contribution in [0.3, 0.4) is 0 Å². The van der Waals surface area contributed by atoms with Gasteiger partial charge >= 0.3 is 5.97 Å². The molecule has 7 nitrogen and oxygen atoms in total. The number of thioether (sulfide) groups is 1. The van der Waals surface area contributed by atoms with Crippen molar-refractivity contribution in [2.24, 2.45) is 0 Å². The van der Waals surface area contributed by atoms with Crippen molar-refractivity contribution >= 4 is 23.7 Å². The lowest BCUT2D eigenvalue weighted by atomic mass is 9.96. The second-order valence-electron chi connectivity index (χ2n) is 9.42. The van der Waals surface area contributed by atoms with E-state index in [1.54, 1.807) is 16.4 Å². The number of nitrogens with zero attached hydrogens (tertiary/aromatic N) is 3. The van der Waals surface area contributed by atoms with Crippen LogP contribution < -0.4 is 10.1 Å². The normalized spacial score (nSPS) is 14.5. The van der Waals surface area contributed by atoms with Crippen LogP contribution in [0.2, 0.25) is 0 Å². The van der Waals surface area contributed by atoms with Crippen LogP contribution in [-0.4, -0.2) is 27.3 Å². The van der Waals surface area contributed by atoms with E-state index in [-0.39, 0.29) is 5.97 Å². The molecule has 1 unspecified atom stereocenters. The number of carbonyl (C=O) groups is 1. The van der Waals surface area contributed by atoms with E-state index < -0.39 is 6.04 Å². The highest BCUT2D eigenvalue weighted by atomic mass is 32.2. The fraction of sp³-hybridized carbons (Fsp3) is 0.258. The summed E-state index contributed by atoms with van der Waals surface area (Å²) in [6.07, 6.45) is 0.748. The summed E-state index contributed by atoms with van der Waals surface area (Å²) in [5.74, 6) is 1.75. The monoisotopic (exact) mass is 540 g/mol. The molecule has 1 N–H and O–H groups in total. The Balaban J connectivity index is 1.41. The Labute approximate surface area is 233 Å². The Hall–Kier alpha value is -4.04. The molecular weight excluding hydrogens is 508 g/mol. The van der Waals surface area contributed by atoms with Crippen molar-refractivity contribution < 1.29 is 14.3 Å². The fourth-order valence-electron chi connectivity index (χ4n) is 4.44. The Morgan fingerprint density at radius 2 is 1.74 bits per heavy atom. The van der Waals surface area contributed by atoms with Gasteiger partial charge < -0.3 is 14.8 Å². The number of aryl methyl sites for hydroxylation is 1. The predicted octanol–water partition coefficient (Wildman–Crippen LogP) is 6.70. The van der Waals surface area contributed by atoms with Crippen LogP contribution in [0.15, 0.2) is 95.3 Å². The molecule has 0 saturated heterocycles. The van der Waals surface area contributed by atoms with E-state index >= 15 is 0 Å². The van der Waals surface area contributed by atoms with Gasteiger partial charge in [-0.2, -0.15) is 4.98 Å². The van der Waals surface area contributed by atoms with Crippen molar-refractivity contribution in [1.29, 1.82) is 0 Å². The van der Waals surface area contributed by atoms with Crippen LogP contribution in [0, 0.1) is 6.92 Å². The van der Waals surface area contributed by atoms with Crippen LogP contribution in [0.5, 0.6) is 5.75 Å². The number of benzene rings is 3. The summed E-state index contributed by atoms with van der Waals surface area (Å²) in [6, 6.07) is 25.7. The molecule has 1 aliphatic heterocycles. The lowest BCUT2D eigenvalue weighted by molar-refractivity contribution is -0.139. The highest BCUT2D eigenvalue weighted by Gasteiger charge is 2.35.